The Balaban J connectivity index is 1.16. The number of likely N-dealkylation sites (tertiary alicyclic amines) is 1. The average molecular weight is 369 g/mol. The fourth-order valence-electron chi connectivity index (χ4n) is 5.39. The molecule has 1 aromatic heterocycles. The Hall–Kier alpha value is -1.19. The predicted molar refractivity (Wildman–Crippen MR) is 112 cm³/mol. The highest BCUT2D eigenvalue weighted by Crippen LogP contribution is 2.49. The molecule has 0 N–H and O–H groups in total. The van der Waals surface area contributed by atoms with Gasteiger partial charge in [0.25, 0.3) is 0 Å². The minimum absolute atomic E-state index is 0.529. The van der Waals surface area contributed by atoms with Gasteiger partial charge in [0.1, 0.15) is 0 Å². The Morgan fingerprint density at radius 1 is 1.07 bits per heavy atom. The number of allylic oxidation sites excluding steroid dienone is 1. The number of aromatic nitrogens is 1. The van der Waals surface area contributed by atoms with Gasteiger partial charge in [-0.1, -0.05) is 18.2 Å². The number of pyridine rings is 1. The lowest BCUT2D eigenvalue weighted by Gasteiger charge is -2.44. The Morgan fingerprint density at radius 2 is 1.81 bits per heavy atom. The van der Waals surface area contributed by atoms with Crippen LogP contribution in [0.15, 0.2) is 30.6 Å². The SMILES string of the molecule is C(=CC1CCC2(CC1)CCC(OCCN1CCCC1)CC2)c1cccnc1. The van der Waals surface area contributed by atoms with E-state index in [1.807, 2.05) is 18.5 Å². The van der Waals surface area contributed by atoms with Gasteiger partial charge in [-0.2, -0.15) is 0 Å². The van der Waals surface area contributed by atoms with Gasteiger partial charge in [0.2, 0.25) is 0 Å². The topological polar surface area (TPSA) is 25.4 Å². The zero-order chi connectivity index (χ0) is 18.4. The molecule has 4 rings (SSSR count). The molecule has 3 aliphatic rings. The van der Waals surface area contributed by atoms with E-state index in [-0.39, 0.29) is 0 Å². The molecule has 3 fully saturated rings. The summed E-state index contributed by atoms with van der Waals surface area (Å²) in [5.41, 5.74) is 1.86. The van der Waals surface area contributed by atoms with E-state index in [2.05, 4.69) is 28.1 Å². The van der Waals surface area contributed by atoms with Crippen LogP contribution in [0.4, 0.5) is 0 Å². The van der Waals surface area contributed by atoms with Gasteiger partial charge in [-0.15, -0.1) is 0 Å². The van der Waals surface area contributed by atoms with Gasteiger partial charge in [-0.3, -0.25) is 4.98 Å². The fraction of sp³-hybridized carbons (Fsp3) is 0.708. The van der Waals surface area contributed by atoms with Crippen molar-refractivity contribution in [2.45, 2.75) is 70.3 Å². The molecule has 27 heavy (non-hydrogen) atoms. The molecule has 1 spiro atoms. The second kappa shape index (κ2) is 9.34. The van der Waals surface area contributed by atoms with Crippen molar-refractivity contribution in [1.29, 1.82) is 0 Å². The third-order valence-corrected chi connectivity index (χ3v) is 7.29. The fourth-order valence-corrected chi connectivity index (χ4v) is 5.39. The van der Waals surface area contributed by atoms with E-state index >= 15 is 0 Å². The third kappa shape index (κ3) is 5.42. The van der Waals surface area contributed by atoms with E-state index in [4.69, 9.17) is 4.74 Å². The van der Waals surface area contributed by atoms with Crippen molar-refractivity contribution in [3.63, 3.8) is 0 Å². The Morgan fingerprint density at radius 3 is 2.52 bits per heavy atom. The summed E-state index contributed by atoms with van der Waals surface area (Å²) in [6, 6.07) is 4.15. The zero-order valence-electron chi connectivity index (χ0n) is 16.8. The van der Waals surface area contributed by atoms with Crippen LogP contribution in [0.3, 0.4) is 0 Å². The van der Waals surface area contributed by atoms with Crippen LogP contribution in [-0.4, -0.2) is 42.2 Å². The van der Waals surface area contributed by atoms with Gasteiger partial charge in [0, 0.05) is 18.9 Å². The molecule has 148 valence electrons. The molecule has 0 bridgehead atoms. The lowest BCUT2D eigenvalue weighted by atomic mass is 9.63. The molecule has 0 aromatic carbocycles. The van der Waals surface area contributed by atoms with E-state index in [1.165, 1.54) is 82.9 Å². The first-order valence-electron chi connectivity index (χ1n) is 11.2. The molecule has 0 radical (unpaired) electrons. The van der Waals surface area contributed by atoms with Crippen molar-refractivity contribution in [2.75, 3.05) is 26.2 Å². The van der Waals surface area contributed by atoms with Crippen LogP contribution < -0.4 is 0 Å². The maximum absolute atomic E-state index is 6.23. The summed E-state index contributed by atoms with van der Waals surface area (Å²) in [6.45, 7) is 4.66. The van der Waals surface area contributed by atoms with Crippen molar-refractivity contribution < 1.29 is 4.74 Å². The number of rotatable bonds is 6. The number of ether oxygens (including phenoxy) is 1. The summed E-state index contributed by atoms with van der Waals surface area (Å²) in [5.74, 6) is 0.755. The van der Waals surface area contributed by atoms with Crippen LogP contribution >= 0.6 is 0 Å². The minimum atomic E-state index is 0.529. The number of nitrogens with zero attached hydrogens (tertiary/aromatic N) is 2. The highest BCUT2D eigenvalue weighted by Gasteiger charge is 2.38. The second-order valence-corrected chi connectivity index (χ2v) is 9.10. The van der Waals surface area contributed by atoms with Crippen LogP contribution in [0.5, 0.6) is 0 Å². The van der Waals surface area contributed by atoms with Crippen LogP contribution in [0, 0.1) is 11.3 Å². The summed E-state index contributed by atoms with van der Waals surface area (Å²) in [4.78, 5) is 6.76. The Labute approximate surface area is 165 Å². The summed E-state index contributed by atoms with van der Waals surface area (Å²) in [5, 5.41) is 0. The van der Waals surface area contributed by atoms with Crippen LogP contribution in [0.25, 0.3) is 6.08 Å². The molecule has 1 aromatic rings. The summed E-state index contributed by atoms with van der Waals surface area (Å²) in [6.07, 6.45) is 22.7. The maximum Gasteiger partial charge on any atom is 0.0597 e. The molecule has 2 saturated carbocycles. The molecular weight excluding hydrogens is 332 g/mol. The van der Waals surface area contributed by atoms with Crippen molar-refractivity contribution in [3.05, 3.63) is 36.2 Å². The smallest absolute Gasteiger partial charge is 0.0597 e. The monoisotopic (exact) mass is 368 g/mol. The Bertz CT molecular complexity index is 576. The molecule has 0 amide bonds. The van der Waals surface area contributed by atoms with E-state index in [9.17, 15) is 0 Å². The summed E-state index contributed by atoms with van der Waals surface area (Å²) < 4.78 is 6.23. The quantitative estimate of drug-likeness (QED) is 0.679. The molecular formula is C24H36N2O. The lowest BCUT2D eigenvalue weighted by Crippen LogP contribution is -2.35. The molecule has 1 aliphatic heterocycles. The van der Waals surface area contributed by atoms with Crippen LogP contribution in [-0.2, 0) is 4.74 Å². The maximum atomic E-state index is 6.23. The van der Waals surface area contributed by atoms with E-state index in [0.29, 0.717) is 11.5 Å². The van der Waals surface area contributed by atoms with E-state index < -0.39 is 0 Å². The molecule has 3 heteroatoms. The molecule has 0 unspecified atom stereocenters. The average Bonchev–Trinajstić information content (AvgIpc) is 3.24. The summed E-state index contributed by atoms with van der Waals surface area (Å²) >= 11 is 0. The van der Waals surface area contributed by atoms with Crippen molar-refractivity contribution >= 4 is 6.08 Å². The molecule has 3 nitrogen and oxygen atoms in total. The first-order valence-corrected chi connectivity index (χ1v) is 11.2. The zero-order valence-corrected chi connectivity index (χ0v) is 16.8. The lowest BCUT2D eigenvalue weighted by molar-refractivity contribution is -0.0216. The van der Waals surface area contributed by atoms with E-state index in [0.717, 1.165) is 19.1 Å². The van der Waals surface area contributed by atoms with E-state index in [1.54, 1.807) is 0 Å². The Kier molecular flexibility index (Phi) is 6.62. The van der Waals surface area contributed by atoms with Gasteiger partial charge in [0.15, 0.2) is 0 Å². The highest BCUT2D eigenvalue weighted by atomic mass is 16.5. The molecule has 0 atom stereocenters. The van der Waals surface area contributed by atoms with Gasteiger partial charge < -0.3 is 9.64 Å². The van der Waals surface area contributed by atoms with Crippen LogP contribution in [0.1, 0.15) is 69.8 Å². The third-order valence-electron chi connectivity index (χ3n) is 7.29. The van der Waals surface area contributed by atoms with Crippen molar-refractivity contribution in [1.82, 2.24) is 9.88 Å². The number of hydrogen-bond donors (Lipinski definition) is 0. The van der Waals surface area contributed by atoms with Gasteiger partial charge in [0.05, 0.1) is 12.7 Å². The van der Waals surface area contributed by atoms with Gasteiger partial charge in [-0.05, 0) is 100 Å². The predicted octanol–water partition coefficient (Wildman–Crippen LogP) is 5.33. The molecule has 2 aliphatic carbocycles. The van der Waals surface area contributed by atoms with Gasteiger partial charge >= 0.3 is 0 Å². The van der Waals surface area contributed by atoms with Gasteiger partial charge in [-0.25, -0.2) is 0 Å². The number of hydrogen-bond acceptors (Lipinski definition) is 3. The molecule has 2 heterocycles. The highest BCUT2D eigenvalue weighted by molar-refractivity contribution is 5.47. The first kappa shape index (κ1) is 19.1. The van der Waals surface area contributed by atoms with Crippen LogP contribution in [0.2, 0.25) is 0 Å². The summed E-state index contributed by atoms with van der Waals surface area (Å²) in [7, 11) is 0. The molecule has 1 saturated heterocycles. The minimum Gasteiger partial charge on any atom is -0.377 e. The normalized spacial score (nSPS) is 32.4. The standard InChI is InChI=1S/C24H36N2O/c1-2-17-26(16-1)18-19-27-23-9-13-24(14-10-23)11-7-21(8-12-24)5-6-22-4-3-15-25-20-22/h3-6,15,20-21,23H,1-2,7-14,16-19H2. The largest absolute Gasteiger partial charge is 0.377 e. The first-order chi connectivity index (χ1) is 13.3. The van der Waals surface area contributed by atoms with Crippen molar-refractivity contribution in [2.24, 2.45) is 11.3 Å². The second-order valence-electron chi connectivity index (χ2n) is 9.10. The van der Waals surface area contributed by atoms with Crippen molar-refractivity contribution in [3.8, 4) is 0 Å².